The van der Waals surface area contributed by atoms with E-state index in [9.17, 15) is 4.79 Å². The summed E-state index contributed by atoms with van der Waals surface area (Å²) < 4.78 is 0. The first-order valence-corrected chi connectivity index (χ1v) is 6.37. The molecule has 0 atom stereocenters. The van der Waals surface area contributed by atoms with E-state index in [-0.39, 0.29) is 5.69 Å². The maximum Gasteiger partial charge on any atom is 0.323 e. The maximum absolute atomic E-state index is 11.3. The van der Waals surface area contributed by atoms with Gasteiger partial charge in [0.1, 0.15) is 0 Å². The van der Waals surface area contributed by atoms with Crippen molar-refractivity contribution < 1.29 is 0 Å². The molecular formula is C16H11N3O. The first kappa shape index (κ1) is 11.0. The molecule has 0 aliphatic rings. The number of benzene rings is 2. The summed E-state index contributed by atoms with van der Waals surface area (Å²) in [5, 5.41) is 1.10. The number of aromatic nitrogens is 3. The molecule has 0 amide bonds. The highest BCUT2D eigenvalue weighted by atomic mass is 16.1. The number of nitrogens with zero attached hydrogens (tertiary/aromatic N) is 1. The third kappa shape index (κ3) is 1.62. The van der Waals surface area contributed by atoms with Crippen molar-refractivity contribution in [2.24, 2.45) is 0 Å². The molecule has 20 heavy (non-hydrogen) atoms. The summed E-state index contributed by atoms with van der Waals surface area (Å²) in [6, 6.07) is 15.9. The van der Waals surface area contributed by atoms with Crippen molar-refractivity contribution in [1.82, 2.24) is 15.0 Å². The SMILES string of the molecule is O=c1[nH]c2ccc(-c3cccc4ncccc34)cc2[nH]1. The van der Waals surface area contributed by atoms with Crippen LogP contribution in [-0.2, 0) is 0 Å². The lowest BCUT2D eigenvalue weighted by Gasteiger charge is -2.06. The first-order chi connectivity index (χ1) is 9.81. The van der Waals surface area contributed by atoms with Gasteiger partial charge >= 0.3 is 5.69 Å². The molecule has 0 unspecified atom stereocenters. The highest BCUT2D eigenvalue weighted by molar-refractivity contribution is 5.96. The van der Waals surface area contributed by atoms with Gasteiger partial charge in [-0.05, 0) is 35.4 Å². The Morgan fingerprint density at radius 1 is 0.900 bits per heavy atom. The summed E-state index contributed by atoms with van der Waals surface area (Å²) in [4.78, 5) is 21.2. The van der Waals surface area contributed by atoms with E-state index in [4.69, 9.17) is 0 Å². The van der Waals surface area contributed by atoms with Gasteiger partial charge in [0.2, 0.25) is 0 Å². The average molecular weight is 261 g/mol. The number of aromatic amines is 2. The van der Waals surface area contributed by atoms with Crippen LogP contribution in [0.2, 0.25) is 0 Å². The second-order valence-corrected chi connectivity index (χ2v) is 4.72. The number of nitrogens with one attached hydrogen (secondary N) is 2. The molecule has 0 spiro atoms. The zero-order chi connectivity index (χ0) is 13.5. The van der Waals surface area contributed by atoms with Gasteiger partial charge in [0, 0.05) is 11.6 Å². The molecule has 2 heterocycles. The second kappa shape index (κ2) is 4.06. The molecule has 2 N–H and O–H groups in total. The Balaban J connectivity index is 2.03. The number of imidazole rings is 1. The van der Waals surface area contributed by atoms with Crippen molar-refractivity contribution in [1.29, 1.82) is 0 Å². The smallest absolute Gasteiger partial charge is 0.306 e. The Bertz CT molecular complexity index is 976. The van der Waals surface area contributed by atoms with Gasteiger partial charge in [-0.25, -0.2) is 4.79 Å². The van der Waals surface area contributed by atoms with Crippen molar-refractivity contribution >= 4 is 21.9 Å². The molecule has 4 rings (SSSR count). The summed E-state index contributed by atoms with van der Waals surface area (Å²) in [6.07, 6.45) is 1.79. The maximum atomic E-state index is 11.3. The number of hydrogen-bond donors (Lipinski definition) is 2. The minimum Gasteiger partial charge on any atom is -0.306 e. The molecule has 0 radical (unpaired) electrons. The molecular weight excluding hydrogens is 250 g/mol. The standard InChI is InChI=1S/C16H11N3O/c20-16-18-14-7-6-10(9-15(14)19-16)11-3-1-5-13-12(11)4-2-8-17-13/h1-9H,(H2,18,19,20). The van der Waals surface area contributed by atoms with E-state index in [0.717, 1.165) is 33.1 Å². The molecule has 0 saturated carbocycles. The summed E-state index contributed by atoms with van der Waals surface area (Å²) in [7, 11) is 0. The number of H-pyrrole nitrogens is 2. The van der Waals surface area contributed by atoms with Crippen LogP contribution in [0, 0.1) is 0 Å². The van der Waals surface area contributed by atoms with Crippen LogP contribution in [0.25, 0.3) is 33.1 Å². The normalized spacial score (nSPS) is 11.2. The van der Waals surface area contributed by atoms with Crippen LogP contribution < -0.4 is 5.69 Å². The molecule has 0 bridgehead atoms. The molecule has 4 aromatic rings. The highest BCUT2D eigenvalue weighted by Crippen LogP contribution is 2.28. The topological polar surface area (TPSA) is 61.5 Å². The Morgan fingerprint density at radius 3 is 2.75 bits per heavy atom. The summed E-state index contributed by atoms with van der Waals surface area (Å²) in [5.74, 6) is 0. The third-order valence-corrected chi connectivity index (χ3v) is 3.47. The number of pyridine rings is 1. The van der Waals surface area contributed by atoms with Crippen molar-refractivity contribution in [2.45, 2.75) is 0 Å². The monoisotopic (exact) mass is 261 g/mol. The summed E-state index contributed by atoms with van der Waals surface area (Å²) >= 11 is 0. The molecule has 96 valence electrons. The fraction of sp³-hybridized carbons (Fsp3) is 0. The van der Waals surface area contributed by atoms with Crippen molar-refractivity contribution in [3.8, 4) is 11.1 Å². The van der Waals surface area contributed by atoms with E-state index >= 15 is 0 Å². The lowest BCUT2D eigenvalue weighted by molar-refractivity contribution is 1.22. The zero-order valence-corrected chi connectivity index (χ0v) is 10.6. The first-order valence-electron chi connectivity index (χ1n) is 6.37. The van der Waals surface area contributed by atoms with Gasteiger partial charge in [-0.2, -0.15) is 0 Å². The van der Waals surface area contributed by atoms with Gasteiger partial charge in [0.25, 0.3) is 0 Å². The molecule has 4 heteroatoms. The minimum atomic E-state index is -0.184. The van der Waals surface area contributed by atoms with E-state index in [1.54, 1.807) is 6.20 Å². The van der Waals surface area contributed by atoms with Crippen LogP contribution in [0.5, 0.6) is 0 Å². The van der Waals surface area contributed by atoms with Crippen molar-refractivity contribution in [3.63, 3.8) is 0 Å². The number of fused-ring (bicyclic) bond motifs is 2. The fourth-order valence-corrected chi connectivity index (χ4v) is 2.56. The lowest BCUT2D eigenvalue weighted by atomic mass is 10.0. The Morgan fingerprint density at radius 2 is 1.80 bits per heavy atom. The van der Waals surface area contributed by atoms with Gasteiger partial charge in [-0.3, -0.25) is 4.98 Å². The molecule has 0 aliphatic heterocycles. The molecule has 2 aromatic heterocycles. The van der Waals surface area contributed by atoms with Gasteiger partial charge in [0.15, 0.2) is 0 Å². The van der Waals surface area contributed by atoms with E-state index in [2.05, 4.69) is 27.1 Å². The Hall–Kier alpha value is -2.88. The quantitative estimate of drug-likeness (QED) is 0.553. The molecule has 2 aromatic carbocycles. The molecule has 4 nitrogen and oxygen atoms in total. The minimum absolute atomic E-state index is 0.184. The molecule has 0 aliphatic carbocycles. The second-order valence-electron chi connectivity index (χ2n) is 4.72. The van der Waals surface area contributed by atoms with E-state index in [0.29, 0.717) is 0 Å². The van der Waals surface area contributed by atoms with E-state index in [1.807, 2.05) is 36.4 Å². The van der Waals surface area contributed by atoms with Gasteiger partial charge in [-0.1, -0.05) is 24.3 Å². The Kier molecular flexibility index (Phi) is 2.23. The van der Waals surface area contributed by atoms with Gasteiger partial charge in [-0.15, -0.1) is 0 Å². The third-order valence-electron chi connectivity index (χ3n) is 3.47. The molecule has 0 saturated heterocycles. The van der Waals surface area contributed by atoms with Crippen LogP contribution in [0.3, 0.4) is 0 Å². The lowest BCUT2D eigenvalue weighted by Crippen LogP contribution is -1.99. The fourth-order valence-electron chi connectivity index (χ4n) is 2.56. The zero-order valence-electron chi connectivity index (χ0n) is 10.6. The summed E-state index contributed by atoms with van der Waals surface area (Å²) in [5.41, 5.74) is 4.58. The summed E-state index contributed by atoms with van der Waals surface area (Å²) in [6.45, 7) is 0. The number of hydrogen-bond acceptors (Lipinski definition) is 2. The Labute approximate surface area is 114 Å². The van der Waals surface area contributed by atoms with Crippen LogP contribution in [0.4, 0.5) is 0 Å². The van der Waals surface area contributed by atoms with Gasteiger partial charge < -0.3 is 9.97 Å². The van der Waals surface area contributed by atoms with Crippen LogP contribution >= 0.6 is 0 Å². The van der Waals surface area contributed by atoms with E-state index in [1.165, 1.54) is 0 Å². The largest absolute Gasteiger partial charge is 0.323 e. The van der Waals surface area contributed by atoms with Crippen LogP contribution in [0.1, 0.15) is 0 Å². The predicted molar refractivity (Wildman–Crippen MR) is 79.7 cm³/mol. The average Bonchev–Trinajstić information content (AvgIpc) is 2.85. The predicted octanol–water partition coefficient (Wildman–Crippen LogP) is 3.07. The highest BCUT2D eigenvalue weighted by Gasteiger charge is 2.06. The van der Waals surface area contributed by atoms with Crippen molar-refractivity contribution in [3.05, 3.63) is 65.2 Å². The van der Waals surface area contributed by atoms with Crippen molar-refractivity contribution in [2.75, 3.05) is 0 Å². The van der Waals surface area contributed by atoms with Gasteiger partial charge in [0.05, 0.1) is 16.6 Å². The molecule has 0 fully saturated rings. The van der Waals surface area contributed by atoms with E-state index < -0.39 is 0 Å². The van der Waals surface area contributed by atoms with Crippen LogP contribution in [-0.4, -0.2) is 15.0 Å². The number of rotatable bonds is 1. The van der Waals surface area contributed by atoms with Crippen LogP contribution in [0.15, 0.2) is 59.5 Å².